The maximum atomic E-state index is 12.9. The van der Waals surface area contributed by atoms with Gasteiger partial charge in [0, 0.05) is 18.7 Å². The quantitative estimate of drug-likeness (QED) is 0.693. The molecule has 1 amide bonds. The zero-order chi connectivity index (χ0) is 16.7. The molecule has 5 heteroatoms. The summed E-state index contributed by atoms with van der Waals surface area (Å²) >= 11 is 0. The fourth-order valence-electron chi connectivity index (χ4n) is 3.10. The van der Waals surface area contributed by atoms with Gasteiger partial charge in [-0.2, -0.15) is 0 Å². The largest absolute Gasteiger partial charge is 0.278 e. The van der Waals surface area contributed by atoms with E-state index in [1.165, 1.54) is 0 Å². The van der Waals surface area contributed by atoms with Crippen molar-refractivity contribution in [3.63, 3.8) is 0 Å². The molecule has 120 valence electrons. The summed E-state index contributed by atoms with van der Waals surface area (Å²) in [6.07, 6.45) is 0.741. The highest BCUT2D eigenvalue weighted by Crippen LogP contribution is 2.21. The summed E-state index contributed by atoms with van der Waals surface area (Å²) in [7, 11) is 0. The normalized spacial score (nSPS) is 13.8. The van der Waals surface area contributed by atoms with E-state index in [1.54, 1.807) is 21.6 Å². The molecule has 0 spiro atoms. The van der Waals surface area contributed by atoms with E-state index in [9.17, 15) is 9.59 Å². The van der Waals surface area contributed by atoms with E-state index < -0.39 is 0 Å². The molecule has 1 aliphatic rings. The molecule has 0 unspecified atom stereocenters. The van der Waals surface area contributed by atoms with Crippen LogP contribution in [0, 0.1) is 6.92 Å². The number of aromatic nitrogens is 2. The van der Waals surface area contributed by atoms with E-state index >= 15 is 0 Å². The molecule has 0 fully saturated rings. The third-order valence-electron chi connectivity index (χ3n) is 4.39. The molecule has 0 bridgehead atoms. The second-order valence-corrected chi connectivity index (χ2v) is 6.06. The number of amides is 1. The van der Waals surface area contributed by atoms with Crippen LogP contribution in [0.25, 0.3) is 10.9 Å². The zero-order valence-electron chi connectivity index (χ0n) is 13.4. The molecule has 4 rings (SSSR count). The summed E-state index contributed by atoms with van der Waals surface area (Å²) in [5, 5.41) is 0.589. The van der Waals surface area contributed by atoms with E-state index in [0.29, 0.717) is 35.5 Å². The van der Waals surface area contributed by atoms with Gasteiger partial charge in [0.2, 0.25) is 5.95 Å². The molecule has 0 saturated heterocycles. The zero-order valence-corrected chi connectivity index (χ0v) is 13.4. The van der Waals surface area contributed by atoms with Crippen LogP contribution in [-0.4, -0.2) is 22.0 Å². The molecule has 5 nitrogen and oxygen atoms in total. The molecule has 24 heavy (non-hydrogen) atoms. The number of rotatable bonds is 1. The Morgan fingerprint density at radius 3 is 2.58 bits per heavy atom. The van der Waals surface area contributed by atoms with Crippen LogP contribution in [0.2, 0.25) is 0 Å². The van der Waals surface area contributed by atoms with Gasteiger partial charge < -0.3 is 0 Å². The van der Waals surface area contributed by atoms with Crippen LogP contribution < -0.4 is 10.5 Å². The Kier molecular flexibility index (Phi) is 3.41. The lowest BCUT2D eigenvalue weighted by Crippen LogP contribution is -2.42. The average molecular weight is 319 g/mol. The number of nitrogens with zero attached hydrogens (tertiary/aromatic N) is 3. The maximum Gasteiger partial charge on any atom is 0.262 e. The van der Waals surface area contributed by atoms with Gasteiger partial charge in [0.1, 0.15) is 0 Å². The van der Waals surface area contributed by atoms with Gasteiger partial charge >= 0.3 is 0 Å². The molecular formula is C19H17N3O2. The number of hydrogen-bond acceptors (Lipinski definition) is 3. The van der Waals surface area contributed by atoms with Crippen molar-refractivity contribution in [3.8, 4) is 0 Å². The number of benzene rings is 2. The Hall–Kier alpha value is -2.95. The van der Waals surface area contributed by atoms with Crippen molar-refractivity contribution >= 4 is 22.8 Å². The first kappa shape index (κ1) is 14.6. The first-order valence-corrected chi connectivity index (χ1v) is 8.03. The summed E-state index contributed by atoms with van der Waals surface area (Å²) in [5.74, 6) is 0.321. The lowest BCUT2D eigenvalue weighted by molar-refractivity contribution is 0.0980. The number of aryl methyl sites for hydroxylation is 1. The van der Waals surface area contributed by atoms with Crippen LogP contribution in [0.5, 0.6) is 0 Å². The van der Waals surface area contributed by atoms with Crippen molar-refractivity contribution < 1.29 is 4.79 Å². The Bertz CT molecular complexity index is 990. The standard InChI is InChI=1S/C19H17N3O2/c1-13-7-9-14(10-8-13)17(23)21-11-4-12-22-18(24)15-5-2-3-6-16(15)20-19(21)22/h2-3,5-10H,4,11-12H2,1H3. The molecule has 0 radical (unpaired) electrons. The summed E-state index contributed by atoms with van der Waals surface area (Å²) in [4.78, 5) is 31.8. The molecule has 0 saturated carbocycles. The van der Waals surface area contributed by atoms with E-state index in [0.717, 1.165) is 12.0 Å². The molecule has 2 heterocycles. The lowest BCUT2D eigenvalue weighted by Gasteiger charge is -2.29. The van der Waals surface area contributed by atoms with Crippen LogP contribution in [0.15, 0.2) is 53.3 Å². The van der Waals surface area contributed by atoms with Gasteiger partial charge in [-0.1, -0.05) is 29.8 Å². The minimum atomic E-state index is -0.120. The predicted molar refractivity (Wildman–Crippen MR) is 93.5 cm³/mol. The topological polar surface area (TPSA) is 55.2 Å². The smallest absolute Gasteiger partial charge is 0.262 e. The molecule has 1 aliphatic heterocycles. The van der Waals surface area contributed by atoms with Crippen molar-refractivity contribution in [1.29, 1.82) is 0 Å². The number of para-hydroxylation sites is 1. The van der Waals surface area contributed by atoms with Crippen LogP contribution in [-0.2, 0) is 6.54 Å². The second-order valence-electron chi connectivity index (χ2n) is 6.06. The summed E-state index contributed by atoms with van der Waals surface area (Å²) < 4.78 is 1.61. The number of hydrogen-bond donors (Lipinski definition) is 0. The Morgan fingerprint density at radius 1 is 1.04 bits per heavy atom. The molecule has 0 atom stereocenters. The maximum absolute atomic E-state index is 12.9. The first-order valence-electron chi connectivity index (χ1n) is 8.03. The van der Waals surface area contributed by atoms with Crippen molar-refractivity contribution in [1.82, 2.24) is 9.55 Å². The van der Waals surface area contributed by atoms with Crippen molar-refractivity contribution in [2.45, 2.75) is 19.9 Å². The highest BCUT2D eigenvalue weighted by molar-refractivity contribution is 6.05. The van der Waals surface area contributed by atoms with Gasteiger partial charge in [0.25, 0.3) is 11.5 Å². The second kappa shape index (κ2) is 5.60. The van der Waals surface area contributed by atoms with Crippen molar-refractivity contribution in [2.24, 2.45) is 0 Å². The molecule has 3 aromatic rings. The fraction of sp³-hybridized carbons (Fsp3) is 0.211. The van der Waals surface area contributed by atoms with Gasteiger partial charge in [-0.3, -0.25) is 19.1 Å². The lowest BCUT2D eigenvalue weighted by atomic mass is 10.1. The minimum absolute atomic E-state index is 0.0861. The van der Waals surface area contributed by atoms with E-state index in [-0.39, 0.29) is 11.5 Å². The Labute approximate surface area is 139 Å². The molecule has 2 aromatic carbocycles. The highest BCUT2D eigenvalue weighted by atomic mass is 16.2. The van der Waals surface area contributed by atoms with Gasteiger partial charge in [0.05, 0.1) is 10.9 Å². The van der Waals surface area contributed by atoms with E-state index in [4.69, 9.17) is 0 Å². The van der Waals surface area contributed by atoms with Gasteiger partial charge in [-0.25, -0.2) is 4.98 Å². The number of carbonyl (C=O) groups is 1. The number of fused-ring (bicyclic) bond motifs is 2. The monoisotopic (exact) mass is 319 g/mol. The highest BCUT2D eigenvalue weighted by Gasteiger charge is 2.26. The molecule has 0 aliphatic carbocycles. The van der Waals surface area contributed by atoms with Crippen LogP contribution in [0.3, 0.4) is 0 Å². The van der Waals surface area contributed by atoms with Crippen LogP contribution >= 0.6 is 0 Å². The van der Waals surface area contributed by atoms with E-state index in [2.05, 4.69) is 4.98 Å². The summed E-state index contributed by atoms with van der Waals surface area (Å²) in [6, 6.07) is 14.7. The van der Waals surface area contributed by atoms with Gasteiger partial charge in [-0.05, 0) is 37.6 Å². The van der Waals surface area contributed by atoms with Gasteiger partial charge in [0.15, 0.2) is 0 Å². The fourth-order valence-corrected chi connectivity index (χ4v) is 3.10. The van der Waals surface area contributed by atoms with E-state index in [1.807, 2.05) is 43.3 Å². The number of carbonyl (C=O) groups excluding carboxylic acids is 1. The summed E-state index contributed by atoms with van der Waals surface area (Å²) in [5.41, 5.74) is 2.25. The van der Waals surface area contributed by atoms with Crippen molar-refractivity contribution in [3.05, 3.63) is 70.0 Å². The molecule has 1 aromatic heterocycles. The molecule has 0 N–H and O–H groups in total. The summed E-state index contributed by atoms with van der Waals surface area (Å²) in [6.45, 7) is 3.14. The van der Waals surface area contributed by atoms with Crippen LogP contribution in [0.1, 0.15) is 22.3 Å². The third kappa shape index (κ3) is 2.29. The van der Waals surface area contributed by atoms with Crippen LogP contribution in [0.4, 0.5) is 5.95 Å². The average Bonchev–Trinajstić information content (AvgIpc) is 2.62. The first-order chi connectivity index (χ1) is 11.6. The molecular weight excluding hydrogens is 302 g/mol. The SMILES string of the molecule is Cc1ccc(C(=O)N2CCCn3c2nc2ccccc2c3=O)cc1. The Morgan fingerprint density at radius 2 is 1.79 bits per heavy atom. The minimum Gasteiger partial charge on any atom is -0.278 e. The predicted octanol–water partition coefficient (Wildman–Crippen LogP) is 2.76. The van der Waals surface area contributed by atoms with Gasteiger partial charge in [-0.15, -0.1) is 0 Å². The Balaban J connectivity index is 1.85. The van der Waals surface area contributed by atoms with Crippen molar-refractivity contribution in [2.75, 3.05) is 11.4 Å². The third-order valence-corrected chi connectivity index (χ3v) is 4.39. The number of anilines is 1.